The minimum Gasteiger partial charge on any atom is -0.347 e. The Morgan fingerprint density at radius 1 is 1.29 bits per heavy atom. The number of nitriles is 1. The maximum atomic E-state index is 9.16. The van der Waals surface area contributed by atoms with Crippen molar-refractivity contribution in [1.82, 2.24) is 9.88 Å². The first-order chi connectivity index (χ1) is 10.1. The minimum atomic E-state index is -0.272. The van der Waals surface area contributed by atoms with E-state index in [-0.39, 0.29) is 5.41 Å². The molecule has 1 N–H and O–H groups in total. The van der Waals surface area contributed by atoms with Gasteiger partial charge in [0, 0.05) is 30.2 Å². The van der Waals surface area contributed by atoms with E-state index in [0.29, 0.717) is 0 Å². The van der Waals surface area contributed by atoms with E-state index in [2.05, 4.69) is 53.3 Å². The standard InChI is InChI=1S/C18H25N3/c1-4-10-20-12-15-13-21(11-9-18(2,3)14-19)17-8-6-5-7-16(15)17/h5-8,13,20H,4,9-12H2,1-3H3. The summed E-state index contributed by atoms with van der Waals surface area (Å²) in [6.45, 7) is 9.02. The molecule has 2 rings (SSSR count). The van der Waals surface area contributed by atoms with Crippen LogP contribution in [0.5, 0.6) is 0 Å². The van der Waals surface area contributed by atoms with E-state index in [9.17, 15) is 0 Å². The van der Waals surface area contributed by atoms with Gasteiger partial charge >= 0.3 is 0 Å². The van der Waals surface area contributed by atoms with Crippen molar-refractivity contribution in [2.45, 2.75) is 46.7 Å². The molecule has 3 nitrogen and oxygen atoms in total. The first-order valence-electron chi connectivity index (χ1n) is 7.76. The number of aryl methyl sites for hydroxylation is 1. The molecular weight excluding hydrogens is 258 g/mol. The third-order valence-corrected chi connectivity index (χ3v) is 3.89. The summed E-state index contributed by atoms with van der Waals surface area (Å²) in [5.74, 6) is 0. The molecule has 0 radical (unpaired) electrons. The molecule has 3 heteroatoms. The Kier molecular flexibility index (Phi) is 5.03. The third kappa shape index (κ3) is 3.86. The zero-order valence-corrected chi connectivity index (χ0v) is 13.3. The van der Waals surface area contributed by atoms with Crippen LogP contribution in [0.15, 0.2) is 30.5 Å². The van der Waals surface area contributed by atoms with E-state index in [1.807, 2.05) is 13.8 Å². The molecular formula is C18H25N3. The SMILES string of the molecule is CCCNCc1cn(CCC(C)(C)C#N)c2ccccc12. The van der Waals surface area contributed by atoms with Crippen LogP contribution < -0.4 is 5.32 Å². The number of hydrogen-bond acceptors (Lipinski definition) is 2. The van der Waals surface area contributed by atoms with Gasteiger partial charge in [0.15, 0.2) is 0 Å². The van der Waals surface area contributed by atoms with Crippen molar-refractivity contribution in [1.29, 1.82) is 5.26 Å². The molecule has 0 aliphatic rings. The number of fused-ring (bicyclic) bond motifs is 1. The van der Waals surface area contributed by atoms with Gasteiger partial charge in [0.1, 0.15) is 0 Å². The number of hydrogen-bond donors (Lipinski definition) is 1. The minimum absolute atomic E-state index is 0.272. The summed E-state index contributed by atoms with van der Waals surface area (Å²) in [6, 6.07) is 10.9. The molecule has 1 aromatic heterocycles. The van der Waals surface area contributed by atoms with Crippen LogP contribution in [-0.2, 0) is 13.1 Å². The van der Waals surface area contributed by atoms with Gasteiger partial charge in [-0.25, -0.2) is 0 Å². The summed E-state index contributed by atoms with van der Waals surface area (Å²) >= 11 is 0. The van der Waals surface area contributed by atoms with Crippen molar-refractivity contribution in [3.05, 3.63) is 36.0 Å². The summed E-state index contributed by atoms with van der Waals surface area (Å²) in [5, 5.41) is 14.0. The fourth-order valence-electron chi connectivity index (χ4n) is 2.50. The molecule has 0 aliphatic heterocycles. The first kappa shape index (κ1) is 15.6. The Bertz CT molecular complexity index is 631. The van der Waals surface area contributed by atoms with Crippen LogP contribution in [0.3, 0.4) is 0 Å². The van der Waals surface area contributed by atoms with Crippen molar-refractivity contribution in [3.63, 3.8) is 0 Å². The average molecular weight is 283 g/mol. The van der Waals surface area contributed by atoms with E-state index < -0.39 is 0 Å². The molecule has 0 saturated carbocycles. The Hall–Kier alpha value is -1.79. The second-order valence-electron chi connectivity index (χ2n) is 6.29. The number of nitrogens with zero attached hydrogens (tertiary/aromatic N) is 2. The third-order valence-electron chi connectivity index (χ3n) is 3.89. The van der Waals surface area contributed by atoms with Crippen molar-refractivity contribution in [2.75, 3.05) is 6.54 Å². The molecule has 21 heavy (non-hydrogen) atoms. The van der Waals surface area contributed by atoms with Gasteiger partial charge in [-0.05, 0) is 44.9 Å². The maximum Gasteiger partial charge on any atom is 0.0684 e. The second-order valence-corrected chi connectivity index (χ2v) is 6.29. The monoisotopic (exact) mass is 283 g/mol. The molecule has 0 fully saturated rings. The van der Waals surface area contributed by atoms with Gasteiger partial charge in [-0.1, -0.05) is 25.1 Å². The quantitative estimate of drug-likeness (QED) is 0.778. The molecule has 0 amide bonds. The highest BCUT2D eigenvalue weighted by Gasteiger charge is 2.17. The van der Waals surface area contributed by atoms with Crippen LogP contribution >= 0.6 is 0 Å². The molecule has 2 aromatic rings. The predicted molar refractivity (Wildman–Crippen MR) is 87.9 cm³/mol. The number of para-hydroxylation sites is 1. The number of rotatable bonds is 7. The molecule has 0 bridgehead atoms. The van der Waals surface area contributed by atoms with E-state index >= 15 is 0 Å². The van der Waals surface area contributed by atoms with Crippen LogP contribution in [0.2, 0.25) is 0 Å². The Labute approximate surface area is 127 Å². The highest BCUT2D eigenvalue weighted by molar-refractivity contribution is 5.83. The van der Waals surface area contributed by atoms with Gasteiger partial charge in [-0.2, -0.15) is 5.26 Å². The molecule has 1 heterocycles. The van der Waals surface area contributed by atoms with E-state index in [4.69, 9.17) is 5.26 Å². The Morgan fingerprint density at radius 3 is 2.76 bits per heavy atom. The zero-order valence-electron chi connectivity index (χ0n) is 13.3. The molecule has 0 saturated heterocycles. The lowest BCUT2D eigenvalue weighted by Crippen LogP contribution is -2.14. The van der Waals surface area contributed by atoms with Crippen molar-refractivity contribution >= 4 is 10.9 Å². The Balaban J connectivity index is 2.21. The molecule has 0 atom stereocenters. The smallest absolute Gasteiger partial charge is 0.0684 e. The van der Waals surface area contributed by atoms with Crippen LogP contribution in [0, 0.1) is 16.7 Å². The van der Waals surface area contributed by atoms with Gasteiger partial charge < -0.3 is 9.88 Å². The summed E-state index contributed by atoms with van der Waals surface area (Å²) < 4.78 is 2.29. The van der Waals surface area contributed by atoms with E-state index in [1.54, 1.807) is 0 Å². The van der Waals surface area contributed by atoms with Crippen LogP contribution in [-0.4, -0.2) is 11.1 Å². The van der Waals surface area contributed by atoms with Crippen LogP contribution in [0.1, 0.15) is 39.2 Å². The summed E-state index contributed by atoms with van der Waals surface area (Å²) in [7, 11) is 0. The lowest BCUT2D eigenvalue weighted by molar-refractivity contribution is 0.417. The fourth-order valence-corrected chi connectivity index (χ4v) is 2.50. The molecule has 0 aliphatic carbocycles. The number of nitrogens with one attached hydrogen (secondary N) is 1. The van der Waals surface area contributed by atoms with Crippen molar-refractivity contribution in [2.24, 2.45) is 5.41 Å². The lowest BCUT2D eigenvalue weighted by Gasteiger charge is -2.15. The summed E-state index contributed by atoms with van der Waals surface area (Å²) in [6.07, 6.45) is 4.25. The highest BCUT2D eigenvalue weighted by atomic mass is 15.0. The molecule has 0 spiro atoms. The molecule has 1 aromatic carbocycles. The maximum absolute atomic E-state index is 9.16. The van der Waals surface area contributed by atoms with Gasteiger partial charge in [-0.3, -0.25) is 0 Å². The van der Waals surface area contributed by atoms with Crippen molar-refractivity contribution in [3.8, 4) is 6.07 Å². The van der Waals surface area contributed by atoms with Crippen LogP contribution in [0.25, 0.3) is 10.9 Å². The van der Waals surface area contributed by atoms with E-state index in [0.717, 1.165) is 32.5 Å². The summed E-state index contributed by atoms with van der Waals surface area (Å²) in [5.41, 5.74) is 2.33. The second kappa shape index (κ2) is 6.78. The highest BCUT2D eigenvalue weighted by Crippen LogP contribution is 2.25. The number of aromatic nitrogens is 1. The Morgan fingerprint density at radius 2 is 2.05 bits per heavy atom. The fraction of sp³-hybridized carbons (Fsp3) is 0.500. The topological polar surface area (TPSA) is 40.8 Å². The van der Waals surface area contributed by atoms with Gasteiger partial charge in [0.05, 0.1) is 11.5 Å². The number of benzene rings is 1. The van der Waals surface area contributed by atoms with Crippen molar-refractivity contribution < 1.29 is 0 Å². The predicted octanol–water partition coefficient (Wildman–Crippen LogP) is 4.08. The normalized spacial score (nSPS) is 11.7. The van der Waals surface area contributed by atoms with Gasteiger partial charge in [0.2, 0.25) is 0 Å². The average Bonchev–Trinajstić information content (AvgIpc) is 2.84. The first-order valence-corrected chi connectivity index (χ1v) is 7.76. The molecule has 112 valence electrons. The molecule has 0 unspecified atom stereocenters. The lowest BCUT2D eigenvalue weighted by atomic mass is 9.91. The summed E-state index contributed by atoms with van der Waals surface area (Å²) in [4.78, 5) is 0. The van der Waals surface area contributed by atoms with E-state index in [1.165, 1.54) is 16.5 Å². The van der Waals surface area contributed by atoms with Crippen LogP contribution in [0.4, 0.5) is 0 Å². The van der Waals surface area contributed by atoms with Gasteiger partial charge in [-0.15, -0.1) is 0 Å². The largest absolute Gasteiger partial charge is 0.347 e. The zero-order chi connectivity index (χ0) is 15.3. The van der Waals surface area contributed by atoms with Gasteiger partial charge in [0.25, 0.3) is 0 Å².